The summed E-state index contributed by atoms with van der Waals surface area (Å²) in [6.45, 7) is 0. The van der Waals surface area contributed by atoms with E-state index in [2.05, 4.69) is 15.9 Å². The molecule has 0 spiro atoms. The van der Waals surface area contributed by atoms with Crippen molar-refractivity contribution in [1.29, 1.82) is 5.26 Å². The van der Waals surface area contributed by atoms with Crippen LogP contribution in [-0.2, 0) is 4.79 Å². The van der Waals surface area contributed by atoms with Gasteiger partial charge in [0.1, 0.15) is 17.4 Å². The van der Waals surface area contributed by atoms with E-state index in [1.165, 1.54) is 18.2 Å². The number of aliphatic carboxylic acids is 1. The highest BCUT2D eigenvalue weighted by Crippen LogP contribution is 2.32. The van der Waals surface area contributed by atoms with E-state index in [0.717, 1.165) is 6.08 Å². The molecule has 0 bridgehead atoms. The molecule has 2 N–H and O–H groups in total. The second-order valence-electron chi connectivity index (χ2n) is 2.80. The number of carboxylic acids is 1. The standard InChI is InChI=1S/C10H5BrClNO3/c11-8-3-7(12)2-5(9(8)14)1-6(4-13)10(15)16/h1-3,14H,(H,15,16). The number of nitriles is 1. The summed E-state index contributed by atoms with van der Waals surface area (Å²) in [4.78, 5) is 10.6. The molecule has 82 valence electrons. The van der Waals surface area contributed by atoms with E-state index in [1.807, 2.05) is 0 Å². The Kier molecular flexibility index (Phi) is 3.93. The Hall–Kier alpha value is -1.51. The molecule has 0 saturated carbocycles. The third-order valence-corrected chi connectivity index (χ3v) is 2.53. The zero-order valence-electron chi connectivity index (χ0n) is 7.74. The first-order valence-electron chi connectivity index (χ1n) is 3.98. The van der Waals surface area contributed by atoms with E-state index in [1.54, 1.807) is 0 Å². The molecule has 1 aromatic carbocycles. The lowest BCUT2D eigenvalue weighted by Crippen LogP contribution is -1.97. The van der Waals surface area contributed by atoms with Crippen LogP contribution in [0, 0.1) is 11.3 Å². The van der Waals surface area contributed by atoms with Crippen molar-refractivity contribution in [3.63, 3.8) is 0 Å². The number of nitrogens with zero attached hydrogens (tertiary/aromatic N) is 1. The zero-order chi connectivity index (χ0) is 12.3. The molecule has 0 heterocycles. The summed E-state index contributed by atoms with van der Waals surface area (Å²) in [6.07, 6.45) is 1.05. The van der Waals surface area contributed by atoms with Gasteiger partial charge in [0.25, 0.3) is 0 Å². The van der Waals surface area contributed by atoms with Crippen LogP contribution in [0.1, 0.15) is 5.56 Å². The van der Waals surface area contributed by atoms with Gasteiger partial charge in [-0.3, -0.25) is 0 Å². The third-order valence-electron chi connectivity index (χ3n) is 1.71. The second-order valence-corrected chi connectivity index (χ2v) is 4.09. The van der Waals surface area contributed by atoms with Gasteiger partial charge in [-0.1, -0.05) is 11.6 Å². The molecule has 0 aliphatic rings. The summed E-state index contributed by atoms with van der Waals surface area (Å²) in [6, 6.07) is 4.33. The molecule has 4 nitrogen and oxygen atoms in total. The molecular weight excluding hydrogens is 297 g/mol. The topological polar surface area (TPSA) is 81.3 Å². The van der Waals surface area contributed by atoms with Gasteiger partial charge < -0.3 is 10.2 Å². The van der Waals surface area contributed by atoms with E-state index in [0.29, 0.717) is 9.50 Å². The molecule has 0 aliphatic heterocycles. The van der Waals surface area contributed by atoms with Crippen molar-refractivity contribution in [1.82, 2.24) is 0 Å². The van der Waals surface area contributed by atoms with Crippen LogP contribution >= 0.6 is 27.5 Å². The Bertz CT molecular complexity index is 520. The van der Waals surface area contributed by atoms with E-state index in [9.17, 15) is 9.90 Å². The molecular formula is C10H5BrClNO3. The number of aromatic hydroxyl groups is 1. The van der Waals surface area contributed by atoms with E-state index >= 15 is 0 Å². The average Bonchev–Trinajstić information content (AvgIpc) is 2.20. The summed E-state index contributed by atoms with van der Waals surface area (Å²) >= 11 is 8.78. The van der Waals surface area contributed by atoms with Crippen LogP contribution in [0.2, 0.25) is 5.02 Å². The van der Waals surface area contributed by atoms with Crippen molar-refractivity contribution >= 4 is 39.6 Å². The fraction of sp³-hybridized carbons (Fsp3) is 0. The highest BCUT2D eigenvalue weighted by molar-refractivity contribution is 9.10. The number of halogens is 2. The Morgan fingerprint density at radius 2 is 2.19 bits per heavy atom. The first-order chi connectivity index (χ1) is 7.45. The monoisotopic (exact) mass is 301 g/mol. The lowest BCUT2D eigenvalue weighted by Gasteiger charge is -2.03. The number of phenolic OH excluding ortho intramolecular Hbond substituents is 1. The minimum atomic E-state index is -1.36. The number of hydrogen-bond acceptors (Lipinski definition) is 3. The molecule has 0 unspecified atom stereocenters. The lowest BCUT2D eigenvalue weighted by molar-refractivity contribution is -0.132. The van der Waals surface area contributed by atoms with Crippen molar-refractivity contribution in [2.24, 2.45) is 0 Å². The number of hydrogen-bond donors (Lipinski definition) is 2. The highest BCUT2D eigenvalue weighted by Gasteiger charge is 2.10. The molecule has 0 aliphatic carbocycles. The first kappa shape index (κ1) is 12.6. The van der Waals surface area contributed by atoms with Gasteiger partial charge in [-0.15, -0.1) is 0 Å². The molecule has 0 amide bonds. The van der Waals surface area contributed by atoms with E-state index in [-0.39, 0.29) is 11.3 Å². The van der Waals surface area contributed by atoms with Gasteiger partial charge in [-0.05, 0) is 34.1 Å². The predicted octanol–water partition coefficient (Wildman–Crippen LogP) is 2.80. The zero-order valence-corrected chi connectivity index (χ0v) is 10.1. The van der Waals surface area contributed by atoms with Crippen molar-refractivity contribution < 1.29 is 15.0 Å². The van der Waals surface area contributed by atoms with Gasteiger partial charge in [0.05, 0.1) is 4.47 Å². The van der Waals surface area contributed by atoms with Crippen molar-refractivity contribution in [2.45, 2.75) is 0 Å². The molecule has 1 aromatic rings. The van der Waals surface area contributed by atoms with E-state index < -0.39 is 11.5 Å². The van der Waals surface area contributed by atoms with Crippen LogP contribution in [0.4, 0.5) is 0 Å². The fourth-order valence-corrected chi connectivity index (χ4v) is 1.83. The molecule has 0 fully saturated rings. The summed E-state index contributed by atoms with van der Waals surface area (Å²) in [7, 11) is 0. The van der Waals surface area contributed by atoms with Gasteiger partial charge in [0, 0.05) is 10.6 Å². The number of carbonyl (C=O) groups is 1. The van der Waals surface area contributed by atoms with Crippen LogP contribution < -0.4 is 0 Å². The molecule has 16 heavy (non-hydrogen) atoms. The number of benzene rings is 1. The molecule has 6 heteroatoms. The lowest BCUT2D eigenvalue weighted by atomic mass is 10.1. The van der Waals surface area contributed by atoms with Gasteiger partial charge in [0.15, 0.2) is 0 Å². The van der Waals surface area contributed by atoms with Crippen LogP contribution in [0.15, 0.2) is 22.2 Å². The summed E-state index contributed by atoms with van der Waals surface area (Å²) in [5.74, 6) is -1.53. The van der Waals surface area contributed by atoms with Crippen molar-refractivity contribution in [3.05, 3.63) is 32.8 Å². The number of rotatable bonds is 2. The van der Waals surface area contributed by atoms with Gasteiger partial charge >= 0.3 is 5.97 Å². The maximum Gasteiger partial charge on any atom is 0.346 e. The average molecular weight is 303 g/mol. The third kappa shape index (κ3) is 2.75. The Balaban J connectivity index is 3.35. The first-order valence-corrected chi connectivity index (χ1v) is 5.16. The minimum Gasteiger partial charge on any atom is -0.506 e. The van der Waals surface area contributed by atoms with Crippen molar-refractivity contribution in [2.75, 3.05) is 0 Å². The predicted molar refractivity (Wildman–Crippen MR) is 62.0 cm³/mol. The Morgan fingerprint density at radius 1 is 1.56 bits per heavy atom. The SMILES string of the molecule is N#CC(=Cc1cc(Cl)cc(Br)c1O)C(=O)O. The smallest absolute Gasteiger partial charge is 0.346 e. The second kappa shape index (κ2) is 5.01. The van der Waals surface area contributed by atoms with Crippen molar-refractivity contribution in [3.8, 4) is 11.8 Å². The maximum atomic E-state index is 10.6. The summed E-state index contributed by atoms with van der Waals surface area (Å²) in [5, 5.41) is 27.1. The van der Waals surface area contributed by atoms with Gasteiger partial charge in [-0.2, -0.15) is 5.26 Å². The minimum absolute atomic E-state index is 0.165. The number of phenols is 1. The van der Waals surface area contributed by atoms with Crippen LogP contribution in [0.25, 0.3) is 6.08 Å². The fourth-order valence-electron chi connectivity index (χ4n) is 0.993. The van der Waals surface area contributed by atoms with E-state index in [4.69, 9.17) is 22.0 Å². The molecule has 1 rings (SSSR count). The quantitative estimate of drug-likeness (QED) is 0.650. The normalized spacial score (nSPS) is 10.9. The van der Waals surface area contributed by atoms with Crippen LogP contribution in [0.3, 0.4) is 0 Å². The Labute approximate surface area is 105 Å². The molecule has 0 aromatic heterocycles. The summed E-state index contributed by atoms with van der Waals surface area (Å²) in [5.41, 5.74) is -0.317. The number of carboxylic acid groups (broad SMARTS) is 1. The maximum absolute atomic E-state index is 10.6. The van der Waals surface area contributed by atoms with Gasteiger partial charge in [0.2, 0.25) is 0 Å². The molecule has 0 radical (unpaired) electrons. The van der Waals surface area contributed by atoms with Gasteiger partial charge in [-0.25, -0.2) is 4.79 Å². The largest absolute Gasteiger partial charge is 0.506 e. The Morgan fingerprint density at radius 3 is 2.69 bits per heavy atom. The molecule has 0 atom stereocenters. The molecule has 0 saturated heterocycles. The van der Waals surface area contributed by atoms with Crippen LogP contribution in [-0.4, -0.2) is 16.2 Å². The summed E-state index contributed by atoms with van der Waals surface area (Å²) < 4.78 is 0.328. The highest BCUT2D eigenvalue weighted by atomic mass is 79.9. The van der Waals surface area contributed by atoms with Crippen LogP contribution in [0.5, 0.6) is 5.75 Å².